The van der Waals surface area contributed by atoms with Gasteiger partial charge in [-0.2, -0.15) is 0 Å². The fourth-order valence-corrected chi connectivity index (χ4v) is 4.47. The zero-order valence-corrected chi connectivity index (χ0v) is 11.8. The van der Waals surface area contributed by atoms with Crippen LogP contribution in [0.4, 0.5) is 0 Å². The first-order valence-corrected chi connectivity index (χ1v) is 8.03. The third-order valence-electron chi connectivity index (χ3n) is 2.78. The van der Waals surface area contributed by atoms with Gasteiger partial charge in [-0.05, 0) is 26.2 Å². The number of alkyl halides is 1. The van der Waals surface area contributed by atoms with Crippen LogP contribution in [0.1, 0.15) is 46.0 Å². The third kappa shape index (κ3) is 4.41. The number of rotatable bonds is 5. The van der Waals surface area contributed by atoms with E-state index in [0.717, 1.165) is 32.1 Å². The minimum absolute atomic E-state index is 0.0185. The average Bonchev–Trinajstić information content (AvgIpc) is 2.51. The molecule has 1 saturated carbocycles. The lowest BCUT2D eigenvalue weighted by atomic mass is 10.2. The average molecular weight is 298 g/mol. The molecule has 0 bridgehead atoms. The standard InChI is InChI=1S/C10H20BrNO2S/c1-8(11)7-9(2)12-15(13,14)10-5-3-4-6-10/h8-10,12H,3-7H2,1-2H3. The third-order valence-corrected chi connectivity index (χ3v) is 5.24. The summed E-state index contributed by atoms with van der Waals surface area (Å²) in [7, 11) is -3.08. The van der Waals surface area contributed by atoms with Crippen LogP contribution in [0, 0.1) is 0 Å². The van der Waals surface area contributed by atoms with E-state index >= 15 is 0 Å². The van der Waals surface area contributed by atoms with Crippen molar-refractivity contribution in [2.45, 2.75) is 62.1 Å². The van der Waals surface area contributed by atoms with Crippen molar-refractivity contribution in [3.63, 3.8) is 0 Å². The summed E-state index contributed by atoms with van der Waals surface area (Å²) < 4.78 is 26.6. The van der Waals surface area contributed by atoms with Crippen LogP contribution in [-0.4, -0.2) is 24.5 Å². The van der Waals surface area contributed by atoms with Crippen LogP contribution in [0.3, 0.4) is 0 Å². The van der Waals surface area contributed by atoms with Gasteiger partial charge in [-0.3, -0.25) is 0 Å². The molecule has 2 unspecified atom stereocenters. The number of nitrogens with one attached hydrogen (secondary N) is 1. The zero-order valence-electron chi connectivity index (χ0n) is 9.37. The number of hydrogen-bond acceptors (Lipinski definition) is 2. The van der Waals surface area contributed by atoms with Crippen molar-refractivity contribution in [1.29, 1.82) is 0 Å². The molecule has 15 heavy (non-hydrogen) atoms. The smallest absolute Gasteiger partial charge is 0.212 e. The number of hydrogen-bond donors (Lipinski definition) is 1. The monoisotopic (exact) mass is 297 g/mol. The van der Waals surface area contributed by atoms with Gasteiger partial charge >= 0.3 is 0 Å². The van der Waals surface area contributed by atoms with Gasteiger partial charge in [0.05, 0.1) is 5.25 Å². The molecule has 3 nitrogen and oxygen atoms in total. The first kappa shape index (κ1) is 13.5. The van der Waals surface area contributed by atoms with E-state index in [-0.39, 0.29) is 11.3 Å². The summed E-state index contributed by atoms with van der Waals surface area (Å²) in [5.41, 5.74) is 0. The predicted molar refractivity (Wildman–Crippen MR) is 66.8 cm³/mol. The molecule has 90 valence electrons. The van der Waals surface area contributed by atoms with Gasteiger partial charge in [0.2, 0.25) is 10.0 Å². The molecule has 5 heteroatoms. The first-order valence-electron chi connectivity index (χ1n) is 5.57. The van der Waals surface area contributed by atoms with Crippen LogP contribution in [-0.2, 0) is 10.0 Å². The Balaban J connectivity index is 2.48. The Kier molecular flexibility index (Phi) is 5.06. The van der Waals surface area contributed by atoms with Crippen molar-refractivity contribution in [1.82, 2.24) is 4.72 Å². The second-order valence-electron chi connectivity index (χ2n) is 4.49. The summed E-state index contributed by atoms with van der Waals surface area (Å²) in [6, 6.07) is 0.0185. The predicted octanol–water partition coefficient (Wildman–Crippen LogP) is 2.41. The molecule has 0 amide bonds. The largest absolute Gasteiger partial charge is 0.214 e. The van der Waals surface area contributed by atoms with Gasteiger partial charge in [0.15, 0.2) is 0 Å². The van der Waals surface area contributed by atoms with E-state index in [1.165, 1.54) is 0 Å². The van der Waals surface area contributed by atoms with Gasteiger partial charge in [-0.1, -0.05) is 35.7 Å². The van der Waals surface area contributed by atoms with Crippen molar-refractivity contribution >= 4 is 26.0 Å². The van der Waals surface area contributed by atoms with Crippen molar-refractivity contribution < 1.29 is 8.42 Å². The molecular formula is C10H20BrNO2S. The summed E-state index contributed by atoms with van der Waals surface area (Å²) in [6.07, 6.45) is 4.58. The minimum Gasteiger partial charge on any atom is -0.212 e. The lowest BCUT2D eigenvalue weighted by Crippen LogP contribution is -2.39. The molecule has 2 atom stereocenters. The van der Waals surface area contributed by atoms with Crippen molar-refractivity contribution in [3.05, 3.63) is 0 Å². The maximum absolute atomic E-state index is 11.9. The SMILES string of the molecule is CC(Br)CC(C)NS(=O)(=O)C1CCCC1. The lowest BCUT2D eigenvalue weighted by Gasteiger charge is -2.18. The molecule has 0 aromatic carbocycles. The van der Waals surface area contributed by atoms with Gasteiger partial charge in [-0.25, -0.2) is 13.1 Å². The van der Waals surface area contributed by atoms with Crippen molar-refractivity contribution in [2.24, 2.45) is 0 Å². The summed E-state index contributed by atoms with van der Waals surface area (Å²) in [5, 5.41) is -0.148. The Morgan fingerprint density at radius 2 is 1.87 bits per heavy atom. The fraction of sp³-hybridized carbons (Fsp3) is 1.00. The minimum atomic E-state index is -3.08. The quantitative estimate of drug-likeness (QED) is 0.792. The Morgan fingerprint density at radius 3 is 2.33 bits per heavy atom. The molecule has 0 aromatic heterocycles. The van der Waals surface area contributed by atoms with Crippen LogP contribution < -0.4 is 4.72 Å². The normalized spacial score (nSPS) is 22.9. The molecule has 1 fully saturated rings. The molecule has 1 aliphatic carbocycles. The Morgan fingerprint density at radius 1 is 1.33 bits per heavy atom. The van der Waals surface area contributed by atoms with Gasteiger partial charge in [0.1, 0.15) is 0 Å². The Labute approximate surface area is 101 Å². The van der Waals surface area contributed by atoms with E-state index in [1.54, 1.807) is 0 Å². The second-order valence-corrected chi connectivity index (χ2v) is 8.04. The van der Waals surface area contributed by atoms with Crippen LogP contribution in [0.2, 0.25) is 0 Å². The highest BCUT2D eigenvalue weighted by molar-refractivity contribution is 9.09. The molecule has 0 aromatic rings. The van der Waals surface area contributed by atoms with E-state index in [0.29, 0.717) is 4.83 Å². The first-order chi connectivity index (χ1) is 6.92. The maximum atomic E-state index is 11.9. The molecule has 0 aliphatic heterocycles. The summed E-state index contributed by atoms with van der Waals surface area (Å²) in [4.78, 5) is 0.346. The summed E-state index contributed by atoms with van der Waals surface area (Å²) in [6.45, 7) is 3.95. The van der Waals surface area contributed by atoms with Crippen LogP contribution in [0.15, 0.2) is 0 Å². The van der Waals surface area contributed by atoms with Gasteiger partial charge in [-0.15, -0.1) is 0 Å². The van der Waals surface area contributed by atoms with E-state index in [9.17, 15) is 8.42 Å². The van der Waals surface area contributed by atoms with Crippen molar-refractivity contribution in [3.8, 4) is 0 Å². The van der Waals surface area contributed by atoms with Gasteiger partial charge in [0.25, 0.3) is 0 Å². The van der Waals surface area contributed by atoms with E-state index in [4.69, 9.17) is 0 Å². The van der Waals surface area contributed by atoms with E-state index in [1.807, 2.05) is 13.8 Å². The molecule has 0 saturated heterocycles. The summed E-state index contributed by atoms with van der Waals surface area (Å²) >= 11 is 3.43. The van der Waals surface area contributed by atoms with Gasteiger partial charge < -0.3 is 0 Å². The van der Waals surface area contributed by atoms with Crippen LogP contribution in [0.25, 0.3) is 0 Å². The number of sulfonamides is 1. The molecule has 1 N–H and O–H groups in total. The highest BCUT2D eigenvalue weighted by Crippen LogP contribution is 2.24. The van der Waals surface area contributed by atoms with E-state index in [2.05, 4.69) is 20.7 Å². The molecule has 1 aliphatic rings. The summed E-state index contributed by atoms with van der Waals surface area (Å²) in [5.74, 6) is 0. The Hall–Kier alpha value is 0.390. The topological polar surface area (TPSA) is 46.2 Å². The zero-order chi connectivity index (χ0) is 11.5. The highest BCUT2D eigenvalue weighted by Gasteiger charge is 2.29. The highest BCUT2D eigenvalue weighted by atomic mass is 79.9. The number of halogens is 1. The lowest BCUT2D eigenvalue weighted by molar-refractivity contribution is 0.534. The van der Waals surface area contributed by atoms with Crippen molar-refractivity contribution in [2.75, 3.05) is 0 Å². The molecule has 0 heterocycles. The van der Waals surface area contributed by atoms with Crippen LogP contribution >= 0.6 is 15.9 Å². The van der Waals surface area contributed by atoms with Gasteiger partial charge in [0, 0.05) is 10.9 Å². The van der Waals surface area contributed by atoms with Crippen LogP contribution in [0.5, 0.6) is 0 Å². The van der Waals surface area contributed by atoms with E-state index < -0.39 is 10.0 Å². The molecule has 0 spiro atoms. The molecule has 0 radical (unpaired) electrons. The second kappa shape index (κ2) is 5.64. The molecular weight excluding hydrogens is 278 g/mol. The fourth-order valence-electron chi connectivity index (χ4n) is 2.11. The molecule has 1 rings (SSSR count). The maximum Gasteiger partial charge on any atom is 0.214 e. The Bertz CT molecular complexity index is 284.